The molecule has 0 saturated heterocycles. The van der Waals surface area contributed by atoms with Gasteiger partial charge in [-0.15, -0.1) is 0 Å². The number of thioether (sulfide) groups is 1. The molecule has 8 heteroatoms. The van der Waals surface area contributed by atoms with Gasteiger partial charge in [-0.3, -0.25) is 10.2 Å². The monoisotopic (exact) mass is 365 g/mol. The fourth-order valence-corrected chi connectivity index (χ4v) is 3.31. The van der Waals surface area contributed by atoms with Crippen LogP contribution in [0.4, 0.5) is 0 Å². The van der Waals surface area contributed by atoms with Crippen molar-refractivity contribution in [1.82, 2.24) is 9.58 Å². The van der Waals surface area contributed by atoms with Crippen LogP contribution in [0.25, 0.3) is 11.8 Å². The van der Waals surface area contributed by atoms with E-state index in [1.165, 1.54) is 16.8 Å². The molecule has 0 fully saturated rings. The lowest BCUT2D eigenvalue weighted by molar-refractivity contribution is -0.114. The SMILES string of the molecule is CCOc1ccc(-n2cccc2/C=C2\C(=N)N3N=CSC3=NC2=O)cc1. The summed E-state index contributed by atoms with van der Waals surface area (Å²) in [6, 6.07) is 11.5. The molecule has 1 aromatic carbocycles. The van der Waals surface area contributed by atoms with Crippen LogP contribution in [0.15, 0.2) is 58.3 Å². The van der Waals surface area contributed by atoms with E-state index in [1.54, 1.807) is 11.6 Å². The number of hydrogen-bond acceptors (Lipinski definition) is 5. The summed E-state index contributed by atoms with van der Waals surface area (Å²) in [6.45, 7) is 2.56. The summed E-state index contributed by atoms with van der Waals surface area (Å²) >= 11 is 1.23. The standard InChI is InChI=1S/C18H15N5O2S/c1-2-25-14-7-5-12(6-8-14)22-9-3-4-13(22)10-15-16(19)23-18(21-17(15)24)26-11-20-23/h3-11,19H,2H2,1H3/b15-10+,19-16?. The molecule has 7 nitrogen and oxygen atoms in total. The first kappa shape index (κ1) is 16.3. The Morgan fingerprint density at radius 1 is 1.27 bits per heavy atom. The maximum Gasteiger partial charge on any atom is 0.283 e. The van der Waals surface area contributed by atoms with Gasteiger partial charge in [0.1, 0.15) is 5.75 Å². The van der Waals surface area contributed by atoms with E-state index in [9.17, 15) is 4.79 Å². The van der Waals surface area contributed by atoms with E-state index < -0.39 is 5.91 Å². The normalized spacial score (nSPS) is 17.7. The van der Waals surface area contributed by atoms with Crippen LogP contribution in [0.1, 0.15) is 12.6 Å². The van der Waals surface area contributed by atoms with E-state index in [4.69, 9.17) is 10.1 Å². The molecule has 2 aromatic rings. The molecule has 0 saturated carbocycles. The van der Waals surface area contributed by atoms with Gasteiger partial charge in [0.05, 0.1) is 17.7 Å². The third-order valence-electron chi connectivity index (χ3n) is 3.89. The van der Waals surface area contributed by atoms with Crippen LogP contribution >= 0.6 is 11.8 Å². The molecule has 1 N–H and O–H groups in total. The zero-order valence-corrected chi connectivity index (χ0v) is 14.7. The summed E-state index contributed by atoms with van der Waals surface area (Å²) in [5, 5.41) is 14.1. The zero-order valence-electron chi connectivity index (χ0n) is 13.9. The number of aliphatic imine (C=N–C) groups is 1. The summed E-state index contributed by atoms with van der Waals surface area (Å²) in [5.41, 5.74) is 3.47. The molecule has 26 heavy (non-hydrogen) atoms. The predicted octanol–water partition coefficient (Wildman–Crippen LogP) is 3.12. The van der Waals surface area contributed by atoms with Crippen LogP contribution < -0.4 is 4.74 Å². The summed E-state index contributed by atoms with van der Waals surface area (Å²) < 4.78 is 7.40. The van der Waals surface area contributed by atoms with E-state index in [1.807, 2.05) is 54.1 Å². The summed E-state index contributed by atoms with van der Waals surface area (Å²) in [5.74, 6) is 0.401. The van der Waals surface area contributed by atoms with Crippen molar-refractivity contribution < 1.29 is 9.53 Å². The molecule has 0 radical (unpaired) electrons. The number of fused-ring (bicyclic) bond motifs is 1. The minimum absolute atomic E-state index is 0.0284. The van der Waals surface area contributed by atoms with Crippen molar-refractivity contribution in [2.24, 2.45) is 10.1 Å². The first-order chi connectivity index (χ1) is 12.7. The predicted molar refractivity (Wildman–Crippen MR) is 103 cm³/mol. The van der Waals surface area contributed by atoms with Crippen molar-refractivity contribution in [2.75, 3.05) is 6.61 Å². The van der Waals surface area contributed by atoms with E-state index in [0.29, 0.717) is 11.8 Å². The molecular formula is C18H15N5O2S. The van der Waals surface area contributed by atoms with Crippen molar-refractivity contribution >= 4 is 40.3 Å². The third-order valence-corrected chi connectivity index (χ3v) is 4.57. The Kier molecular flexibility index (Phi) is 4.18. The van der Waals surface area contributed by atoms with Crippen molar-refractivity contribution in [1.29, 1.82) is 5.41 Å². The van der Waals surface area contributed by atoms with Gasteiger partial charge in [0.25, 0.3) is 5.91 Å². The van der Waals surface area contributed by atoms with Gasteiger partial charge in [-0.25, -0.2) is 0 Å². The van der Waals surface area contributed by atoms with Crippen molar-refractivity contribution in [3.05, 3.63) is 53.9 Å². The summed E-state index contributed by atoms with van der Waals surface area (Å²) in [7, 11) is 0. The number of nitrogens with one attached hydrogen (secondary N) is 1. The van der Waals surface area contributed by atoms with Crippen LogP contribution in [0.2, 0.25) is 0 Å². The van der Waals surface area contributed by atoms with Crippen molar-refractivity contribution in [3.63, 3.8) is 0 Å². The first-order valence-corrected chi connectivity index (χ1v) is 8.89. The van der Waals surface area contributed by atoms with E-state index in [0.717, 1.165) is 17.1 Å². The number of ether oxygens (including phenoxy) is 1. The number of amides is 1. The molecule has 0 bridgehead atoms. The van der Waals surface area contributed by atoms with Gasteiger partial charge in [0.15, 0.2) is 11.0 Å². The van der Waals surface area contributed by atoms with Gasteiger partial charge >= 0.3 is 0 Å². The fourth-order valence-electron chi connectivity index (χ4n) is 2.70. The third kappa shape index (κ3) is 2.84. The molecule has 2 aliphatic rings. The van der Waals surface area contributed by atoms with Crippen molar-refractivity contribution in [3.8, 4) is 11.4 Å². The summed E-state index contributed by atoms with van der Waals surface area (Å²) in [6.07, 6.45) is 3.57. The van der Waals surface area contributed by atoms with Crippen LogP contribution in [-0.2, 0) is 4.79 Å². The highest BCUT2D eigenvalue weighted by Crippen LogP contribution is 2.26. The number of benzene rings is 1. The molecule has 2 aliphatic heterocycles. The van der Waals surface area contributed by atoms with Gasteiger partial charge in [0.2, 0.25) is 0 Å². The van der Waals surface area contributed by atoms with Gasteiger partial charge in [0, 0.05) is 17.6 Å². The second kappa shape index (κ2) is 6.64. The molecule has 4 rings (SSSR count). The molecule has 3 heterocycles. The van der Waals surface area contributed by atoms with E-state index >= 15 is 0 Å². The fraction of sp³-hybridized carbons (Fsp3) is 0.111. The average molecular weight is 365 g/mol. The van der Waals surface area contributed by atoms with Crippen LogP contribution in [-0.4, -0.2) is 38.6 Å². The minimum atomic E-state index is -0.432. The van der Waals surface area contributed by atoms with Gasteiger partial charge in [-0.1, -0.05) is 0 Å². The summed E-state index contributed by atoms with van der Waals surface area (Å²) in [4.78, 5) is 16.3. The van der Waals surface area contributed by atoms with Crippen LogP contribution in [0, 0.1) is 5.41 Å². The van der Waals surface area contributed by atoms with E-state index in [2.05, 4.69) is 10.1 Å². The molecule has 1 aromatic heterocycles. The van der Waals surface area contributed by atoms with E-state index in [-0.39, 0.29) is 11.4 Å². The second-order valence-electron chi connectivity index (χ2n) is 5.49. The molecule has 0 spiro atoms. The Labute approximate surface area is 154 Å². The van der Waals surface area contributed by atoms with Gasteiger partial charge in [-0.2, -0.15) is 15.1 Å². The molecular weight excluding hydrogens is 350 g/mol. The number of rotatable bonds is 4. The first-order valence-electron chi connectivity index (χ1n) is 8.01. The van der Waals surface area contributed by atoms with Crippen LogP contribution in [0.3, 0.4) is 0 Å². The largest absolute Gasteiger partial charge is 0.494 e. The minimum Gasteiger partial charge on any atom is -0.494 e. The average Bonchev–Trinajstić information content (AvgIpc) is 3.29. The number of hydrogen-bond donors (Lipinski definition) is 1. The lowest BCUT2D eigenvalue weighted by Gasteiger charge is -2.20. The zero-order chi connectivity index (χ0) is 18.1. The van der Waals surface area contributed by atoms with Gasteiger partial charge in [-0.05, 0) is 61.2 Å². The number of carbonyl (C=O) groups excluding carboxylic acids is 1. The highest BCUT2D eigenvalue weighted by atomic mass is 32.2. The van der Waals surface area contributed by atoms with Gasteiger partial charge < -0.3 is 9.30 Å². The quantitative estimate of drug-likeness (QED) is 0.844. The maximum atomic E-state index is 12.3. The molecule has 130 valence electrons. The number of amidine groups is 2. The second-order valence-corrected chi connectivity index (χ2v) is 6.30. The highest BCUT2D eigenvalue weighted by Gasteiger charge is 2.32. The van der Waals surface area contributed by atoms with Crippen LogP contribution in [0.5, 0.6) is 5.75 Å². The number of nitrogens with zero attached hydrogens (tertiary/aromatic N) is 4. The van der Waals surface area contributed by atoms with Crippen molar-refractivity contribution in [2.45, 2.75) is 6.92 Å². The Hall–Kier alpha value is -3.13. The Morgan fingerprint density at radius 2 is 2.08 bits per heavy atom. The highest BCUT2D eigenvalue weighted by molar-refractivity contribution is 8.25. The Morgan fingerprint density at radius 3 is 2.85 bits per heavy atom. The number of hydrazone groups is 1. The molecule has 0 aliphatic carbocycles. The smallest absolute Gasteiger partial charge is 0.283 e. The molecule has 1 amide bonds. The Balaban J connectivity index is 1.69. The Bertz CT molecular complexity index is 972. The topological polar surface area (TPSA) is 83.0 Å². The maximum absolute atomic E-state index is 12.3. The molecule has 0 atom stereocenters. The lowest BCUT2D eigenvalue weighted by atomic mass is 10.1. The molecule has 0 unspecified atom stereocenters. The number of carbonyl (C=O) groups is 1. The number of aromatic nitrogens is 1. The lowest BCUT2D eigenvalue weighted by Crippen LogP contribution is -2.35.